The van der Waals surface area contributed by atoms with Gasteiger partial charge in [0, 0.05) is 17.5 Å². The van der Waals surface area contributed by atoms with Crippen LogP contribution in [0.3, 0.4) is 0 Å². The molecule has 6 nitrogen and oxygen atoms in total. The molecule has 0 aliphatic carbocycles. The minimum atomic E-state index is -4.01. The van der Waals surface area contributed by atoms with Crippen LogP contribution in [0.25, 0.3) is 10.9 Å². The van der Waals surface area contributed by atoms with E-state index >= 15 is 0 Å². The van der Waals surface area contributed by atoms with Crippen LogP contribution in [0, 0.1) is 0 Å². The van der Waals surface area contributed by atoms with Gasteiger partial charge in [-0.3, -0.25) is 0 Å². The molecule has 3 rings (SSSR count). The molecule has 0 radical (unpaired) electrons. The summed E-state index contributed by atoms with van der Waals surface area (Å²) in [4.78, 5) is 10.8. The van der Waals surface area contributed by atoms with Crippen LogP contribution in [-0.2, 0) is 16.9 Å². The molecule has 8 heteroatoms. The van der Waals surface area contributed by atoms with E-state index in [1.165, 1.54) is 29.8 Å². The lowest BCUT2D eigenvalue weighted by Crippen LogP contribution is -2.10. The number of hydrogen-bond acceptors (Lipinski definition) is 4. The zero-order valence-corrected chi connectivity index (χ0v) is 14.0. The van der Waals surface area contributed by atoms with E-state index in [0.717, 1.165) is 0 Å². The summed E-state index contributed by atoms with van der Waals surface area (Å²) in [5.41, 5.74) is 0.491. The van der Waals surface area contributed by atoms with Crippen molar-refractivity contribution < 1.29 is 23.1 Å². The van der Waals surface area contributed by atoms with Crippen molar-refractivity contribution in [1.29, 1.82) is 0 Å². The average molecular weight is 366 g/mol. The maximum atomic E-state index is 13.0. The fourth-order valence-electron chi connectivity index (χ4n) is 2.53. The van der Waals surface area contributed by atoms with Gasteiger partial charge < -0.3 is 14.4 Å². The minimum Gasteiger partial charge on any atom is -0.449 e. The van der Waals surface area contributed by atoms with Crippen molar-refractivity contribution in [2.45, 2.75) is 9.79 Å². The molecule has 0 atom stereocenters. The Kier molecular flexibility index (Phi) is 3.98. The van der Waals surface area contributed by atoms with Crippen molar-refractivity contribution in [3.63, 3.8) is 0 Å². The molecule has 0 bridgehead atoms. The number of sulfone groups is 1. The van der Waals surface area contributed by atoms with E-state index in [0.29, 0.717) is 15.9 Å². The minimum absolute atomic E-state index is 0.0349. The van der Waals surface area contributed by atoms with Crippen LogP contribution >= 0.6 is 11.6 Å². The third-order valence-corrected chi connectivity index (χ3v) is 5.63. The Bertz CT molecular complexity index is 1040. The lowest BCUT2D eigenvalue weighted by molar-refractivity contribution is 0.140. The number of fused-ring (bicyclic) bond motifs is 1. The monoisotopic (exact) mass is 365 g/mol. The van der Waals surface area contributed by atoms with Gasteiger partial charge in [-0.1, -0.05) is 29.8 Å². The highest BCUT2D eigenvalue weighted by Gasteiger charge is 2.30. The van der Waals surface area contributed by atoms with Crippen molar-refractivity contribution in [1.82, 2.24) is 4.57 Å². The second-order valence-electron chi connectivity index (χ2n) is 5.04. The number of carbonyl (C=O) groups is 1. The second kappa shape index (κ2) is 5.85. The van der Waals surface area contributed by atoms with Crippen LogP contribution in [0.1, 0.15) is 0 Å². The predicted molar refractivity (Wildman–Crippen MR) is 88.5 cm³/mol. The normalized spacial score (nSPS) is 11.6. The van der Waals surface area contributed by atoms with E-state index in [9.17, 15) is 13.2 Å². The number of nitrogens with zero attached hydrogens (tertiary/aromatic N) is 1. The Labute approximate surface area is 142 Å². The summed E-state index contributed by atoms with van der Waals surface area (Å²) in [5, 5.41) is 9.60. The van der Waals surface area contributed by atoms with Crippen LogP contribution in [-0.4, -0.2) is 24.2 Å². The number of benzene rings is 2. The van der Waals surface area contributed by atoms with Gasteiger partial charge >= 0.3 is 6.16 Å². The first-order valence-corrected chi connectivity index (χ1v) is 8.67. The molecule has 0 spiro atoms. The van der Waals surface area contributed by atoms with Gasteiger partial charge in [0.2, 0.25) is 15.7 Å². The molecule has 0 saturated carbocycles. The predicted octanol–water partition coefficient (Wildman–Crippen LogP) is 3.72. The first kappa shape index (κ1) is 16.4. The quantitative estimate of drug-likeness (QED) is 0.715. The average Bonchev–Trinajstić information content (AvgIpc) is 2.80. The van der Waals surface area contributed by atoms with Gasteiger partial charge in [-0.05, 0) is 30.3 Å². The molecule has 124 valence electrons. The zero-order chi connectivity index (χ0) is 17.5. The van der Waals surface area contributed by atoms with Gasteiger partial charge in [-0.25, -0.2) is 13.2 Å². The van der Waals surface area contributed by atoms with Gasteiger partial charge in [0.25, 0.3) is 0 Å². The third-order valence-electron chi connectivity index (χ3n) is 3.57. The lowest BCUT2D eigenvalue weighted by atomic mass is 10.2. The molecule has 3 aromatic rings. The van der Waals surface area contributed by atoms with Gasteiger partial charge in [-0.2, -0.15) is 0 Å². The first-order chi connectivity index (χ1) is 11.3. The summed E-state index contributed by atoms with van der Waals surface area (Å²) in [6, 6.07) is 12.4. The van der Waals surface area contributed by atoms with E-state index < -0.39 is 16.0 Å². The van der Waals surface area contributed by atoms with E-state index in [1.807, 2.05) is 0 Å². The van der Waals surface area contributed by atoms with E-state index in [-0.39, 0.29) is 15.7 Å². The number of hydrogen-bond donors (Lipinski definition) is 1. The standard InChI is InChI=1S/C16H12ClNO5S/c1-18-13-8-7-10(17)9-12(13)14(15(18)23-16(19)20)24(21,22)11-5-3-2-4-6-11/h2-9H,1H3,(H,19,20). The van der Waals surface area contributed by atoms with Gasteiger partial charge in [0.05, 0.1) is 10.4 Å². The Balaban J connectivity index is 2.41. The molecule has 0 aliphatic heterocycles. The van der Waals surface area contributed by atoms with Crippen LogP contribution in [0.4, 0.5) is 4.79 Å². The number of aryl methyl sites for hydroxylation is 1. The molecule has 24 heavy (non-hydrogen) atoms. The Morgan fingerprint density at radius 3 is 2.46 bits per heavy atom. The number of rotatable bonds is 3. The summed E-state index contributed by atoms with van der Waals surface area (Å²) < 4.78 is 32.2. The van der Waals surface area contributed by atoms with Crippen LogP contribution in [0.2, 0.25) is 5.02 Å². The molecule has 0 saturated heterocycles. The molecule has 2 aromatic carbocycles. The summed E-state index contributed by atoms with van der Waals surface area (Å²) in [6.45, 7) is 0. The van der Waals surface area contributed by atoms with Crippen molar-refractivity contribution in [3.05, 3.63) is 53.6 Å². The number of ether oxygens (including phenoxy) is 1. The smallest absolute Gasteiger partial charge is 0.449 e. The summed E-state index contributed by atoms with van der Waals surface area (Å²) >= 11 is 5.99. The lowest BCUT2D eigenvalue weighted by Gasteiger charge is -2.07. The van der Waals surface area contributed by atoms with Gasteiger partial charge in [0.1, 0.15) is 4.90 Å². The van der Waals surface area contributed by atoms with E-state index in [2.05, 4.69) is 0 Å². The molecule has 1 heterocycles. The highest BCUT2D eigenvalue weighted by Crippen LogP contribution is 2.39. The van der Waals surface area contributed by atoms with Crippen molar-refractivity contribution in [3.8, 4) is 5.88 Å². The van der Waals surface area contributed by atoms with Crippen molar-refractivity contribution >= 4 is 38.5 Å². The molecule has 0 unspecified atom stereocenters. The molecule has 1 aromatic heterocycles. The molecular weight excluding hydrogens is 354 g/mol. The maximum absolute atomic E-state index is 13.0. The number of carboxylic acid groups (broad SMARTS) is 1. The summed E-state index contributed by atoms with van der Waals surface area (Å²) in [6.07, 6.45) is -1.60. The SMILES string of the molecule is Cn1c(OC(=O)O)c(S(=O)(=O)c2ccccc2)c2cc(Cl)ccc21. The molecule has 0 amide bonds. The third kappa shape index (κ3) is 2.61. The zero-order valence-electron chi connectivity index (χ0n) is 12.4. The van der Waals surface area contributed by atoms with Crippen molar-refractivity contribution in [2.75, 3.05) is 0 Å². The largest absolute Gasteiger partial charge is 0.512 e. The van der Waals surface area contributed by atoms with Crippen LogP contribution in [0.15, 0.2) is 58.3 Å². The molecular formula is C16H12ClNO5S. The fraction of sp³-hybridized carbons (Fsp3) is 0.0625. The molecule has 1 N–H and O–H groups in total. The fourth-order valence-corrected chi connectivity index (χ4v) is 4.32. The second-order valence-corrected chi connectivity index (χ2v) is 7.36. The van der Waals surface area contributed by atoms with E-state index in [4.69, 9.17) is 21.4 Å². The topological polar surface area (TPSA) is 85.6 Å². The first-order valence-electron chi connectivity index (χ1n) is 6.81. The summed E-state index contributed by atoms with van der Waals surface area (Å²) in [7, 11) is -2.48. The summed E-state index contributed by atoms with van der Waals surface area (Å²) in [5.74, 6) is -0.274. The van der Waals surface area contributed by atoms with E-state index in [1.54, 1.807) is 30.3 Å². The molecule has 0 fully saturated rings. The molecule has 0 aliphatic rings. The highest BCUT2D eigenvalue weighted by atomic mass is 35.5. The number of aromatic nitrogens is 1. The Morgan fingerprint density at radius 2 is 1.83 bits per heavy atom. The van der Waals surface area contributed by atoms with Gasteiger partial charge in [0.15, 0.2) is 0 Å². The Hall–Kier alpha value is -2.51. The maximum Gasteiger partial charge on any atom is 0.512 e. The Morgan fingerprint density at radius 1 is 1.17 bits per heavy atom. The van der Waals surface area contributed by atoms with Crippen molar-refractivity contribution in [2.24, 2.45) is 7.05 Å². The van der Waals surface area contributed by atoms with Crippen LogP contribution in [0.5, 0.6) is 5.88 Å². The highest BCUT2D eigenvalue weighted by molar-refractivity contribution is 7.91. The van der Waals surface area contributed by atoms with Crippen LogP contribution < -0.4 is 4.74 Å². The number of halogens is 1. The van der Waals surface area contributed by atoms with Gasteiger partial charge in [-0.15, -0.1) is 0 Å².